The molecule has 1 heterocycles. The molecule has 0 spiro atoms. The number of halogens is 3. The molecule has 1 aromatic heterocycles. The Bertz CT molecular complexity index is 1050. The molecular formula is C24H23F3O4. The second-order valence-electron chi connectivity index (χ2n) is 7.26. The summed E-state index contributed by atoms with van der Waals surface area (Å²) in [7, 11) is 0. The summed E-state index contributed by atoms with van der Waals surface area (Å²) in [5, 5.41) is 8.83. The first-order valence-corrected chi connectivity index (χ1v) is 9.90. The third-order valence-electron chi connectivity index (χ3n) is 5.03. The minimum atomic E-state index is -4.38. The molecular weight excluding hydrogens is 409 g/mol. The second-order valence-corrected chi connectivity index (χ2v) is 7.26. The zero-order valence-electron chi connectivity index (χ0n) is 17.3. The molecule has 0 saturated heterocycles. The van der Waals surface area contributed by atoms with Crippen molar-refractivity contribution < 1.29 is 32.2 Å². The van der Waals surface area contributed by atoms with Crippen molar-refractivity contribution in [2.45, 2.75) is 45.9 Å². The Kier molecular flexibility index (Phi) is 6.73. The Morgan fingerprint density at radius 2 is 1.77 bits per heavy atom. The molecule has 164 valence electrons. The average molecular weight is 432 g/mol. The average Bonchev–Trinajstić information content (AvgIpc) is 3.14. The lowest BCUT2D eigenvalue weighted by atomic mass is 10.0. The first-order chi connectivity index (χ1) is 14.7. The molecule has 0 atom stereocenters. The first-order valence-electron chi connectivity index (χ1n) is 9.90. The molecule has 3 rings (SSSR count). The fourth-order valence-corrected chi connectivity index (χ4v) is 3.29. The number of furan rings is 1. The maximum atomic E-state index is 12.8. The monoisotopic (exact) mass is 432 g/mol. The number of hydrogen-bond acceptors (Lipinski definition) is 3. The minimum Gasteiger partial charge on any atom is -0.489 e. The van der Waals surface area contributed by atoms with Gasteiger partial charge >= 0.3 is 12.1 Å². The molecule has 4 nitrogen and oxygen atoms in total. The van der Waals surface area contributed by atoms with E-state index in [1.165, 1.54) is 12.1 Å². The summed E-state index contributed by atoms with van der Waals surface area (Å²) in [6.07, 6.45) is -3.23. The van der Waals surface area contributed by atoms with E-state index >= 15 is 0 Å². The van der Waals surface area contributed by atoms with Crippen LogP contribution in [-0.2, 0) is 30.4 Å². The summed E-state index contributed by atoms with van der Waals surface area (Å²) >= 11 is 0. The fourth-order valence-electron chi connectivity index (χ4n) is 3.29. The smallest absolute Gasteiger partial charge is 0.416 e. The van der Waals surface area contributed by atoms with E-state index in [0.29, 0.717) is 35.7 Å². The quantitative estimate of drug-likeness (QED) is 0.445. The first kappa shape index (κ1) is 22.5. The third kappa shape index (κ3) is 5.69. The Hall–Kier alpha value is -3.22. The van der Waals surface area contributed by atoms with Crippen molar-refractivity contribution in [1.29, 1.82) is 0 Å². The lowest BCUT2D eigenvalue weighted by Crippen LogP contribution is -2.03. The summed E-state index contributed by atoms with van der Waals surface area (Å²) in [6, 6.07) is 12.2. The molecule has 0 aliphatic rings. The number of carboxylic acids is 1. The number of hydrogen-bond donors (Lipinski definition) is 1. The number of aryl methyl sites for hydroxylation is 3. The number of benzene rings is 2. The third-order valence-corrected chi connectivity index (χ3v) is 5.03. The van der Waals surface area contributed by atoms with Crippen LogP contribution in [0.5, 0.6) is 5.75 Å². The van der Waals surface area contributed by atoms with Crippen LogP contribution < -0.4 is 4.74 Å². The van der Waals surface area contributed by atoms with Crippen molar-refractivity contribution in [3.8, 4) is 17.1 Å². The van der Waals surface area contributed by atoms with Gasteiger partial charge in [0.1, 0.15) is 23.9 Å². The van der Waals surface area contributed by atoms with Gasteiger partial charge in [-0.05, 0) is 54.8 Å². The highest BCUT2D eigenvalue weighted by molar-refractivity contribution is 5.67. The normalized spacial score (nSPS) is 11.5. The lowest BCUT2D eigenvalue weighted by Gasteiger charge is -2.09. The van der Waals surface area contributed by atoms with Crippen LogP contribution >= 0.6 is 0 Å². The molecule has 31 heavy (non-hydrogen) atoms. The number of alkyl halides is 3. The van der Waals surface area contributed by atoms with Gasteiger partial charge in [-0.1, -0.05) is 25.1 Å². The number of carboxylic acid groups (broad SMARTS) is 1. The number of rotatable bonds is 8. The van der Waals surface area contributed by atoms with Crippen LogP contribution in [0.2, 0.25) is 0 Å². The van der Waals surface area contributed by atoms with Crippen LogP contribution in [-0.4, -0.2) is 11.1 Å². The molecule has 0 amide bonds. The summed E-state index contributed by atoms with van der Waals surface area (Å²) in [5.41, 5.74) is 2.59. The van der Waals surface area contributed by atoms with Crippen molar-refractivity contribution in [3.63, 3.8) is 0 Å². The molecule has 2 aromatic carbocycles. The summed E-state index contributed by atoms with van der Waals surface area (Å²) in [4.78, 5) is 10.8. The highest BCUT2D eigenvalue weighted by atomic mass is 19.4. The molecule has 0 aliphatic heterocycles. The van der Waals surface area contributed by atoms with Gasteiger partial charge in [0.2, 0.25) is 0 Å². The Labute approximate surface area is 178 Å². The molecule has 3 aromatic rings. The van der Waals surface area contributed by atoms with Gasteiger partial charge in [-0.25, -0.2) is 0 Å². The summed E-state index contributed by atoms with van der Waals surface area (Å²) in [6.45, 7) is 4.09. The molecule has 7 heteroatoms. The second kappa shape index (κ2) is 9.29. The number of carbonyl (C=O) groups is 1. The van der Waals surface area contributed by atoms with Crippen molar-refractivity contribution in [2.75, 3.05) is 0 Å². The van der Waals surface area contributed by atoms with Crippen LogP contribution in [0.3, 0.4) is 0 Å². The van der Waals surface area contributed by atoms with E-state index < -0.39 is 17.7 Å². The zero-order chi connectivity index (χ0) is 22.6. The van der Waals surface area contributed by atoms with Gasteiger partial charge in [0.15, 0.2) is 0 Å². The van der Waals surface area contributed by atoms with Crippen LogP contribution in [0.15, 0.2) is 52.9 Å². The highest BCUT2D eigenvalue weighted by Crippen LogP contribution is 2.32. The van der Waals surface area contributed by atoms with E-state index in [4.69, 9.17) is 14.3 Å². The van der Waals surface area contributed by atoms with E-state index in [9.17, 15) is 18.0 Å². The summed E-state index contributed by atoms with van der Waals surface area (Å²) in [5.74, 6) is 1.01. The molecule has 0 aliphatic carbocycles. The topological polar surface area (TPSA) is 59.7 Å². The largest absolute Gasteiger partial charge is 0.489 e. The number of aliphatic carboxylic acids is 1. The predicted molar refractivity (Wildman–Crippen MR) is 110 cm³/mol. The zero-order valence-corrected chi connectivity index (χ0v) is 17.3. The van der Waals surface area contributed by atoms with Crippen LogP contribution in [0.1, 0.15) is 41.4 Å². The maximum absolute atomic E-state index is 12.8. The predicted octanol–water partition coefficient (Wildman–Crippen LogP) is 6.43. The van der Waals surface area contributed by atoms with Gasteiger partial charge in [0.25, 0.3) is 0 Å². The minimum absolute atomic E-state index is 0.0721. The maximum Gasteiger partial charge on any atom is 0.416 e. The van der Waals surface area contributed by atoms with Gasteiger partial charge in [0, 0.05) is 24.0 Å². The SMILES string of the molecule is CCc1oc(-c2ccc(C(F)(F)F)cc2)cc1COc1ccc(CCC(=O)O)c(C)c1. The van der Waals surface area contributed by atoms with Gasteiger partial charge in [0.05, 0.1) is 5.56 Å². The molecule has 0 fully saturated rings. The van der Waals surface area contributed by atoms with Crippen molar-refractivity contribution in [2.24, 2.45) is 0 Å². The molecule has 0 saturated carbocycles. The van der Waals surface area contributed by atoms with Crippen LogP contribution in [0.25, 0.3) is 11.3 Å². The van der Waals surface area contributed by atoms with E-state index in [1.54, 1.807) is 12.1 Å². The van der Waals surface area contributed by atoms with Gasteiger partial charge in [-0.2, -0.15) is 13.2 Å². The Balaban J connectivity index is 1.72. The van der Waals surface area contributed by atoms with E-state index in [-0.39, 0.29) is 13.0 Å². The van der Waals surface area contributed by atoms with Crippen molar-refractivity contribution in [3.05, 3.63) is 76.5 Å². The van der Waals surface area contributed by atoms with Crippen LogP contribution in [0, 0.1) is 6.92 Å². The Morgan fingerprint density at radius 3 is 2.35 bits per heavy atom. The van der Waals surface area contributed by atoms with E-state index in [1.807, 2.05) is 26.0 Å². The van der Waals surface area contributed by atoms with Crippen LogP contribution in [0.4, 0.5) is 13.2 Å². The van der Waals surface area contributed by atoms with Crippen molar-refractivity contribution in [1.82, 2.24) is 0 Å². The van der Waals surface area contributed by atoms with Gasteiger partial charge < -0.3 is 14.3 Å². The summed E-state index contributed by atoms with van der Waals surface area (Å²) < 4.78 is 50.0. The fraction of sp³-hybridized carbons (Fsp3) is 0.292. The van der Waals surface area contributed by atoms with Gasteiger partial charge in [-0.3, -0.25) is 4.79 Å². The molecule has 0 bridgehead atoms. The highest BCUT2D eigenvalue weighted by Gasteiger charge is 2.30. The molecule has 0 radical (unpaired) electrons. The number of ether oxygens (including phenoxy) is 1. The molecule has 0 unspecified atom stereocenters. The van der Waals surface area contributed by atoms with Gasteiger partial charge in [-0.15, -0.1) is 0 Å². The standard InChI is InChI=1S/C24H23F3O4/c1-3-21-18(13-22(31-21)17-4-8-19(9-5-17)24(25,26)27)14-30-20-10-6-16(15(2)12-20)7-11-23(28)29/h4-6,8-10,12-13H,3,7,11,14H2,1-2H3,(H,28,29). The van der Waals surface area contributed by atoms with E-state index in [2.05, 4.69) is 0 Å². The Morgan fingerprint density at radius 1 is 1.06 bits per heavy atom. The molecule has 1 N–H and O–H groups in total. The van der Waals surface area contributed by atoms with Crippen molar-refractivity contribution >= 4 is 5.97 Å². The lowest BCUT2D eigenvalue weighted by molar-refractivity contribution is -0.138. The van der Waals surface area contributed by atoms with E-state index in [0.717, 1.165) is 28.8 Å².